The number of esters is 2. The van der Waals surface area contributed by atoms with E-state index in [0.717, 1.165) is 76.5 Å². The van der Waals surface area contributed by atoms with Crippen LogP contribution in [0.5, 0.6) is 0 Å². The van der Waals surface area contributed by atoms with Gasteiger partial charge in [0.25, 0.3) is 0 Å². The van der Waals surface area contributed by atoms with Gasteiger partial charge in [0.05, 0.1) is 24.5 Å². The second-order valence-electron chi connectivity index (χ2n) is 9.12. The molecular formula is C24H42O5. The number of hydrogen-bond acceptors (Lipinski definition) is 5. The van der Waals surface area contributed by atoms with Gasteiger partial charge in [-0.15, -0.1) is 0 Å². The van der Waals surface area contributed by atoms with Crippen molar-refractivity contribution in [3.8, 4) is 0 Å². The minimum absolute atomic E-state index is 0.0114. The van der Waals surface area contributed by atoms with E-state index in [4.69, 9.17) is 14.2 Å². The average molecular weight is 411 g/mol. The molecule has 0 saturated heterocycles. The van der Waals surface area contributed by atoms with E-state index in [0.29, 0.717) is 12.7 Å². The predicted octanol–water partition coefficient (Wildman–Crippen LogP) is 5.44. The highest BCUT2D eigenvalue weighted by Gasteiger charge is 2.30. The van der Waals surface area contributed by atoms with Gasteiger partial charge in [0.1, 0.15) is 6.10 Å². The van der Waals surface area contributed by atoms with Gasteiger partial charge in [-0.05, 0) is 70.1 Å². The fourth-order valence-corrected chi connectivity index (χ4v) is 4.53. The van der Waals surface area contributed by atoms with Gasteiger partial charge < -0.3 is 14.2 Å². The molecule has 5 nitrogen and oxygen atoms in total. The van der Waals surface area contributed by atoms with Crippen LogP contribution in [0.3, 0.4) is 0 Å². The van der Waals surface area contributed by atoms with Crippen molar-refractivity contribution >= 4 is 11.9 Å². The monoisotopic (exact) mass is 410 g/mol. The molecule has 0 aromatic rings. The molecule has 2 saturated carbocycles. The maximum absolute atomic E-state index is 12.5. The minimum Gasteiger partial charge on any atom is -0.465 e. The Labute approximate surface area is 177 Å². The van der Waals surface area contributed by atoms with Crippen molar-refractivity contribution in [3.05, 3.63) is 0 Å². The molecule has 29 heavy (non-hydrogen) atoms. The molecule has 0 heterocycles. The molecule has 0 aromatic heterocycles. The molecule has 0 N–H and O–H groups in total. The molecule has 2 aliphatic rings. The van der Waals surface area contributed by atoms with Crippen molar-refractivity contribution in [1.29, 1.82) is 0 Å². The molecule has 1 unspecified atom stereocenters. The van der Waals surface area contributed by atoms with Crippen molar-refractivity contribution in [2.24, 2.45) is 17.8 Å². The van der Waals surface area contributed by atoms with Gasteiger partial charge in [0.15, 0.2) is 0 Å². The maximum Gasteiger partial charge on any atom is 0.309 e. The Morgan fingerprint density at radius 1 is 0.897 bits per heavy atom. The summed E-state index contributed by atoms with van der Waals surface area (Å²) < 4.78 is 16.5. The van der Waals surface area contributed by atoms with Crippen LogP contribution in [0.4, 0.5) is 0 Å². The molecule has 1 atom stereocenters. The fourth-order valence-electron chi connectivity index (χ4n) is 4.53. The second kappa shape index (κ2) is 13.3. The summed E-state index contributed by atoms with van der Waals surface area (Å²) in [5, 5.41) is 0. The molecule has 0 radical (unpaired) electrons. The predicted molar refractivity (Wildman–Crippen MR) is 113 cm³/mol. The van der Waals surface area contributed by atoms with Crippen molar-refractivity contribution in [2.75, 3.05) is 13.7 Å². The third-order valence-corrected chi connectivity index (χ3v) is 6.93. The molecule has 2 rings (SSSR count). The van der Waals surface area contributed by atoms with Crippen molar-refractivity contribution in [1.82, 2.24) is 0 Å². The first-order valence-electron chi connectivity index (χ1n) is 11.9. The minimum atomic E-state index is -0.0653. The maximum atomic E-state index is 12.5. The lowest BCUT2D eigenvalue weighted by atomic mass is 9.79. The van der Waals surface area contributed by atoms with E-state index in [1.165, 1.54) is 12.8 Å². The van der Waals surface area contributed by atoms with Crippen LogP contribution in [0.25, 0.3) is 0 Å². The quantitative estimate of drug-likeness (QED) is 0.335. The first-order valence-corrected chi connectivity index (χ1v) is 11.9. The fraction of sp³-hybridized carbons (Fsp3) is 0.917. The van der Waals surface area contributed by atoms with Gasteiger partial charge in [-0.25, -0.2) is 0 Å². The van der Waals surface area contributed by atoms with Crippen LogP contribution in [-0.4, -0.2) is 37.9 Å². The van der Waals surface area contributed by atoms with Crippen LogP contribution in [-0.2, 0) is 23.8 Å². The molecule has 2 aliphatic carbocycles. The Hall–Kier alpha value is -1.10. The summed E-state index contributed by atoms with van der Waals surface area (Å²) in [6.07, 6.45) is 13.8. The van der Waals surface area contributed by atoms with Crippen molar-refractivity contribution < 1.29 is 23.8 Å². The van der Waals surface area contributed by atoms with Gasteiger partial charge in [0, 0.05) is 7.11 Å². The van der Waals surface area contributed by atoms with Gasteiger partial charge >= 0.3 is 11.9 Å². The topological polar surface area (TPSA) is 61.8 Å². The number of unbranched alkanes of at least 4 members (excludes halogenated alkanes) is 2. The highest BCUT2D eigenvalue weighted by atomic mass is 16.5. The highest BCUT2D eigenvalue weighted by molar-refractivity contribution is 5.72. The Bertz CT molecular complexity index is 476. The number of carbonyl (C=O) groups excluding carboxylic acids is 2. The zero-order valence-electron chi connectivity index (χ0n) is 18.8. The van der Waals surface area contributed by atoms with Gasteiger partial charge in [0.2, 0.25) is 0 Å². The van der Waals surface area contributed by atoms with Crippen LogP contribution in [0.2, 0.25) is 0 Å². The molecule has 0 spiro atoms. The number of carbonyl (C=O) groups is 2. The zero-order chi connectivity index (χ0) is 21.1. The Kier molecular flexibility index (Phi) is 11.0. The largest absolute Gasteiger partial charge is 0.465 e. The molecule has 0 aromatic carbocycles. The highest BCUT2D eigenvalue weighted by Crippen LogP contribution is 2.33. The summed E-state index contributed by atoms with van der Waals surface area (Å²) in [5.74, 6) is 0.819. The lowest BCUT2D eigenvalue weighted by Crippen LogP contribution is -2.31. The van der Waals surface area contributed by atoms with Gasteiger partial charge in [-0.2, -0.15) is 0 Å². The number of rotatable bonds is 11. The lowest BCUT2D eigenvalue weighted by molar-refractivity contribution is -0.158. The molecule has 2 fully saturated rings. The Morgan fingerprint density at radius 2 is 1.55 bits per heavy atom. The van der Waals surface area contributed by atoms with E-state index in [2.05, 4.69) is 0 Å². The smallest absolute Gasteiger partial charge is 0.309 e. The third kappa shape index (κ3) is 8.65. The van der Waals surface area contributed by atoms with Gasteiger partial charge in [-0.3, -0.25) is 9.59 Å². The standard InChI is InChI=1S/C24H42O5/c1-4-18(2)23(25)28-17-7-5-6-8-19-9-11-20(12-10-19)24(26)29-22-15-13-21(27-3)14-16-22/h18-22H,4-17H2,1-3H3. The summed E-state index contributed by atoms with van der Waals surface area (Å²) >= 11 is 0. The first kappa shape index (κ1) is 24.2. The molecule has 168 valence electrons. The van der Waals surface area contributed by atoms with Crippen LogP contribution in [0.1, 0.15) is 97.3 Å². The zero-order valence-corrected chi connectivity index (χ0v) is 18.8. The normalized spacial score (nSPS) is 28.5. The third-order valence-electron chi connectivity index (χ3n) is 6.93. The number of methoxy groups -OCH3 is 1. The summed E-state index contributed by atoms with van der Waals surface area (Å²) in [6.45, 7) is 4.47. The van der Waals surface area contributed by atoms with E-state index < -0.39 is 0 Å². The van der Waals surface area contributed by atoms with Crippen LogP contribution >= 0.6 is 0 Å². The number of ether oxygens (including phenoxy) is 3. The van der Waals surface area contributed by atoms with Crippen molar-refractivity contribution in [3.63, 3.8) is 0 Å². The second-order valence-corrected chi connectivity index (χ2v) is 9.12. The lowest BCUT2D eigenvalue weighted by Gasteiger charge is -2.31. The number of hydrogen-bond donors (Lipinski definition) is 0. The summed E-state index contributed by atoms with van der Waals surface area (Å²) in [4.78, 5) is 24.1. The van der Waals surface area contributed by atoms with Crippen LogP contribution in [0, 0.1) is 17.8 Å². The van der Waals surface area contributed by atoms with E-state index in [9.17, 15) is 9.59 Å². The van der Waals surface area contributed by atoms with Gasteiger partial charge in [-0.1, -0.05) is 33.1 Å². The Morgan fingerprint density at radius 3 is 2.17 bits per heavy atom. The molecule has 5 heteroatoms. The van der Waals surface area contributed by atoms with E-state index in [1.54, 1.807) is 7.11 Å². The SMILES string of the molecule is CCC(C)C(=O)OCCCCCC1CCC(C(=O)OC2CCC(OC)CC2)CC1. The molecule has 0 aliphatic heterocycles. The van der Waals surface area contributed by atoms with Crippen LogP contribution < -0.4 is 0 Å². The van der Waals surface area contributed by atoms with E-state index >= 15 is 0 Å². The Balaban J connectivity index is 1.50. The van der Waals surface area contributed by atoms with E-state index in [-0.39, 0.29) is 29.9 Å². The van der Waals surface area contributed by atoms with E-state index in [1.807, 2.05) is 13.8 Å². The summed E-state index contributed by atoms with van der Waals surface area (Å²) in [7, 11) is 1.76. The first-order chi connectivity index (χ1) is 14.0. The molecule has 0 bridgehead atoms. The average Bonchev–Trinajstić information content (AvgIpc) is 2.76. The summed E-state index contributed by atoms with van der Waals surface area (Å²) in [6, 6.07) is 0. The molecule has 0 amide bonds. The summed E-state index contributed by atoms with van der Waals surface area (Å²) in [5.41, 5.74) is 0. The molecular weight excluding hydrogens is 368 g/mol. The van der Waals surface area contributed by atoms with Crippen LogP contribution in [0.15, 0.2) is 0 Å². The van der Waals surface area contributed by atoms with Crippen molar-refractivity contribution in [2.45, 2.75) is 110 Å².